The molecule has 1 amide bonds. The smallest absolute Gasteiger partial charge is 0.271 e. The summed E-state index contributed by atoms with van der Waals surface area (Å²) in [5.41, 5.74) is 2.73. The topological polar surface area (TPSA) is 54.6 Å². The van der Waals surface area contributed by atoms with Crippen LogP contribution in [0.5, 0.6) is 0 Å². The molecule has 0 aliphatic rings. The van der Waals surface area contributed by atoms with Crippen molar-refractivity contribution in [3.8, 4) is 0 Å². The van der Waals surface area contributed by atoms with Gasteiger partial charge in [-0.3, -0.25) is 4.79 Å². The summed E-state index contributed by atoms with van der Waals surface area (Å²) >= 11 is 11.6. The van der Waals surface area contributed by atoms with E-state index in [0.29, 0.717) is 21.4 Å². The van der Waals surface area contributed by atoms with Gasteiger partial charge in [-0.25, -0.2) is 5.43 Å². The van der Waals surface area contributed by atoms with E-state index in [-0.39, 0.29) is 5.91 Å². The molecule has 0 saturated heterocycles. The molecule has 0 saturated carbocycles. The normalized spacial score (nSPS) is 10.8. The molecule has 0 radical (unpaired) electrons. The average molecular weight is 283 g/mol. The Balaban J connectivity index is 2.01. The molecule has 4 nitrogen and oxygen atoms in total. The third-order valence-corrected chi connectivity index (χ3v) is 2.82. The Kier molecular flexibility index (Phi) is 4.02. The van der Waals surface area contributed by atoms with Crippen molar-refractivity contribution < 1.29 is 9.21 Å². The minimum absolute atomic E-state index is 0.319. The van der Waals surface area contributed by atoms with Crippen molar-refractivity contribution in [1.29, 1.82) is 0 Å². The molecule has 2 rings (SSSR count). The van der Waals surface area contributed by atoms with E-state index in [0.717, 1.165) is 0 Å². The SMILES string of the molecule is O=C(N/N=C\c1ccco1)c1ccc(Cl)c(Cl)c1. The maximum absolute atomic E-state index is 11.7. The monoisotopic (exact) mass is 282 g/mol. The number of halogens is 2. The van der Waals surface area contributed by atoms with Crippen LogP contribution in [0.3, 0.4) is 0 Å². The average Bonchev–Trinajstić information content (AvgIpc) is 2.85. The van der Waals surface area contributed by atoms with Crippen LogP contribution >= 0.6 is 23.2 Å². The first-order chi connectivity index (χ1) is 8.66. The van der Waals surface area contributed by atoms with Gasteiger partial charge < -0.3 is 4.42 Å². The summed E-state index contributed by atoms with van der Waals surface area (Å²) in [6.07, 6.45) is 2.91. The lowest BCUT2D eigenvalue weighted by molar-refractivity contribution is 0.0955. The predicted molar refractivity (Wildman–Crippen MR) is 70.2 cm³/mol. The number of rotatable bonds is 3. The second-order valence-corrected chi connectivity index (χ2v) is 4.16. The lowest BCUT2D eigenvalue weighted by atomic mass is 10.2. The van der Waals surface area contributed by atoms with Gasteiger partial charge in [-0.15, -0.1) is 0 Å². The van der Waals surface area contributed by atoms with Gasteiger partial charge in [0.1, 0.15) is 5.76 Å². The molecular weight excluding hydrogens is 275 g/mol. The van der Waals surface area contributed by atoms with E-state index < -0.39 is 0 Å². The number of nitrogens with zero attached hydrogens (tertiary/aromatic N) is 1. The minimum atomic E-state index is -0.378. The zero-order valence-electron chi connectivity index (χ0n) is 9.06. The molecule has 0 aliphatic carbocycles. The highest BCUT2D eigenvalue weighted by Crippen LogP contribution is 2.22. The van der Waals surface area contributed by atoms with Gasteiger partial charge in [0.05, 0.1) is 22.5 Å². The van der Waals surface area contributed by atoms with Gasteiger partial charge in [-0.2, -0.15) is 5.10 Å². The Morgan fingerprint density at radius 1 is 1.28 bits per heavy atom. The summed E-state index contributed by atoms with van der Waals surface area (Å²) < 4.78 is 5.02. The third-order valence-electron chi connectivity index (χ3n) is 2.08. The van der Waals surface area contributed by atoms with Crippen LogP contribution in [0.1, 0.15) is 16.1 Å². The van der Waals surface area contributed by atoms with Crippen molar-refractivity contribution in [1.82, 2.24) is 5.43 Å². The third kappa shape index (κ3) is 3.12. The molecule has 0 bridgehead atoms. The molecule has 6 heteroatoms. The van der Waals surface area contributed by atoms with E-state index in [2.05, 4.69) is 10.5 Å². The molecule has 0 atom stereocenters. The van der Waals surface area contributed by atoms with Gasteiger partial charge in [0.2, 0.25) is 0 Å². The zero-order valence-corrected chi connectivity index (χ0v) is 10.6. The summed E-state index contributed by atoms with van der Waals surface area (Å²) in [7, 11) is 0. The van der Waals surface area contributed by atoms with Crippen LogP contribution in [0.2, 0.25) is 10.0 Å². The zero-order chi connectivity index (χ0) is 13.0. The van der Waals surface area contributed by atoms with Gasteiger partial charge in [0, 0.05) is 5.56 Å². The number of hydrogen-bond donors (Lipinski definition) is 1. The minimum Gasteiger partial charge on any atom is -0.463 e. The first-order valence-corrected chi connectivity index (χ1v) is 5.74. The summed E-state index contributed by atoms with van der Waals surface area (Å²) in [5.74, 6) is 0.167. The lowest BCUT2D eigenvalue weighted by Crippen LogP contribution is -2.17. The molecular formula is C12H8Cl2N2O2. The molecule has 18 heavy (non-hydrogen) atoms. The van der Waals surface area contributed by atoms with Gasteiger partial charge in [-0.05, 0) is 30.3 Å². The first kappa shape index (κ1) is 12.7. The van der Waals surface area contributed by atoms with Crippen LogP contribution in [-0.4, -0.2) is 12.1 Å². The number of amides is 1. The summed E-state index contributed by atoms with van der Waals surface area (Å²) in [6, 6.07) is 8.03. The van der Waals surface area contributed by atoms with Crippen molar-refractivity contribution in [3.05, 3.63) is 58.0 Å². The maximum Gasteiger partial charge on any atom is 0.271 e. The van der Waals surface area contributed by atoms with E-state index in [9.17, 15) is 4.79 Å². The van der Waals surface area contributed by atoms with E-state index >= 15 is 0 Å². The standard InChI is InChI=1S/C12H8Cl2N2O2/c13-10-4-3-8(6-11(10)14)12(17)16-15-7-9-2-1-5-18-9/h1-7H,(H,16,17)/b15-7-. The Labute approximate surface area is 113 Å². The number of nitrogens with one attached hydrogen (secondary N) is 1. The number of carbonyl (C=O) groups is 1. The quantitative estimate of drug-likeness (QED) is 0.693. The summed E-state index contributed by atoms with van der Waals surface area (Å²) in [6.45, 7) is 0. The predicted octanol–water partition coefficient (Wildman–Crippen LogP) is 3.35. The van der Waals surface area contributed by atoms with Gasteiger partial charge in [-0.1, -0.05) is 23.2 Å². The van der Waals surface area contributed by atoms with E-state index in [1.807, 2.05) is 0 Å². The number of hydrogen-bond acceptors (Lipinski definition) is 3. The van der Waals surface area contributed by atoms with E-state index in [1.54, 1.807) is 24.3 Å². The van der Waals surface area contributed by atoms with Gasteiger partial charge in [0.25, 0.3) is 5.91 Å². The fourth-order valence-corrected chi connectivity index (χ4v) is 1.52. The van der Waals surface area contributed by atoms with Gasteiger partial charge in [0.15, 0.2) is 0 Å². The molecule has 1 aromatic heterocycles. The molecule has 1 N–H and O–H groups in total. The van der Waals surface area contributed by atoms with Crippen LogP contribution < -0.4 is 5.43 Å². The van der Waals surface area contributed by atoms with Crippen molar-refractivity contribution in [2.45, 2.75) is 0 Å². The lowest BCUT2D eigenvalue weighted by Gasteiger charge is -2.01. The van der Waals surface area contributed by atoms with Crippen LogP contribution in [-0.2, 0) is 0 Å². The van der Waals surface area contributed by atoms with E-state index in [4.69, 9.17) is 27.6 Å². The second-order valence-electron chi connectivity index (χ2n) is 3.34. The van der Waals surface area contributed by atoms with E-state index in [1.165, 1.54) is 18.5 Å². The molecule has 2 aromatic rings. The Hall–Kier alpha value is -1.78. The van der Waals surface area contributed by atoms with Crippen LogP contribution in [0.15, 0.2) is 46.1 Å². The molecule has 92 valence electrons. The molecule has 0 unspecified atom stereocenters. The van der Waals surface area contributed by atoms with Crippen LogP contribution in [0.25, 0.3) is 0 Å². The van der Waals surface area contributed by atoms with Crippen molar-refractivity contribution >= 4 is 35.3 Å². The number of benzene rings is 1. The largest absolute Gasteiger partial charge is 0.463 e. The highest BCUT2D eigenvalue weighted by atomic mass is 35.5. The Bertz CT molecular complexity index is 580. The molecule has 0 fully saturated rings. The molecule has 0 aliphatic heterocycles. The molecule has 1 heterocycles. The molecule has 0 spiro atoms. The Morgan fingerprint density at radius 3 is 2.78 bits per heavy atom. The fraction of sp³-hybridized carbons (Fsp3) is 0. The fourth-order valence-electron chi connectivity index (χ4n) is 1.22. The highest BCUT2D eigenvalue weighted by Gasteiger charge is 2.06. The highest BCUT2D eigenvalue weighted by molar-refractivity contribution is 6.42. The summed E-state index contributed by atoms with van der Waals surface area (Å²) in [5, 5.41) is 4.46. The van der Waals surface area contributed by atoms with Crippen molar-refractivity contribution in [2.75, 3.05) is 0 Å². The number of carbonyl (C=O) groups excluding carboxylic acids is 1. The number of furan rings is 1. The summed E-state index contributed by atoms with van der Waals surface area (Å²) in [4.78, 5) is 11.7. The second kappa shape index (κ2) is 5.71. The van der Waals surface area contributed by atoms with Crippen molar-refractivity contribution in [2.24, 2.45) is 5.10 Å². The van der Waals surface area contributed by atoms with Gasteiger partial charge >= 0.3 is 0 Å². The van der Waals surface area contributed by atoms with Crippen LogP contribution in [0.4, 0.5) is 0 Å². The Morgan fingerprint density at radius 2 is 2.11 bits per heavy atom. The van der Waals surface area contributed by atoms with Crippen LogP contribution in [0, 0.1) is 0 Å². The van der Waals surface area contributed by atoms with Crippen molar-refractivity contribution in [3.63, 3.8) is 0 Å². The molecule has 1 aromatic carbocycles. The first-order valence-electron chi connectivity index (χ1n) is 4.99. The number of hydrazone groups is 1. The maximum atomic E-state index is 11.7.